The minimum Gasteiger partial charge on any atom is -0.495 e. The number of rotatable bonds is 5. The van der Waals surface area contributed by atoms with Gasteiger partial charge in [-0.15, -0.1) is 5.10 Å². The Labute approximate surface area is 177 Å². The molecule has 1 aliphatic heterocycles. The summed E-state index contributed by atoms with van der Waals surface area (Å²) in [5.74, 6) is 0.312. The van der Waals surface area contributed by atoms with Gasteiger partial charge in [0.1, 0.15) is 17.6 Å². The minimum absolute atomic E-state index is 0.342. The highest BCUT2D eigenvalue weighted by Crippen LogP contribution is 2.37. The highest BCUT2D eigenvalue weighted by atomic mass is 32.2. The largest absolute Gasteiger partial charge is 0.495 e. The van der Waals surface area contributed by atoms with E-state index in [4.69, 9.17) is 4.74 Å². The molecule has 7 nitrogen and oxygen atoms in total. The third-order valence-electron chi connectivity index (χ3n) is 4.78. The standard InChI is InChI=1S/C21H20FN5O2S/c1-12-17(19(28)24-15-9-4-5-10-16(15)29-2)18(13-7-6-8-14(22)11-13)27-20(23-12)25-21(26-27)30-3/h4-11,18H,1-3H3,(H,24,28)(H,23,25,26). The number of thioether (sulfide) groups is 1. The molecular formula is C21H20FN5O2S. The summed E-state index contributed by atoms with van der Waals surface area (Å²) in [6.07, 6.45) is 1.87. The SMILES string of the molecule is COc1ccccc1NC(=O)C1=C(C)Nc2nc(SC)nn2C1c1cccc(F)c1. The second-order valence-corrected chi connectivity index (χ2v) is 7.42. The molecule has 0 saturated heterocycles. The Bertz CT molecular complexity index is 1140. The summed E-state index contributed by atoms with van der Waals surface area (Å²) in [6.45, 7) is 1.79. The zero-order valence-electron chi connectivity index (χ0n) is 16.6. The Morgan fingerprint density at radius 3 is 2.80 bits per heavy atom. The number of methoxy groups -OCH3 is 1. The first-order valence-electron chi connectivity index (χ1n) is 9.20. The summed E-state index contributed by atoms with van der Waals surface area (Å²) < 4.78 is 21.0. The Morgan fingerprint density at radius 1 is 1.27 bits per heavy atom. The van der Waals surface area contributed by atoms with E-state index in [1.54, 1.807) is 43.0 Å². The fourth-order valence-corrected chi connectivity index (χ4v) is 3.78. The van der Waals surface area contributed by atoms with Gasteiger partial charge in [0, 0.05) is 5.70 Å². The van der Waals surface area contributed by atoms with Crippen LogP contribution in [0.1, 0.15) is 18.5 Å². The van der Waals surface area contributed by atoms with E-state index in [1.165, 1.54) is 23.9 Å². The van der Waals surface area contributed by atoms with E-state index in [0.29, 0.717) is 39.4 Å². The van der Waals surface area contributed by atoms with Gasteiger partial charge in [0.2, 0.25) is 11.1 Å². The maximum absolute atomic E-state index is 14.0. The van der Waals surface area contributed by atoms with E-state index in [9.17, 15) is 9.18 Å². The topological polar surface area (TPSA) is 81.1 Å². The van der Waals surface area contributed by atoms with Crippen molar-refractivity contribution in [3.8, 4) is 5.75 Å². The van der Waals surface area contributed by atoms with E-state index in [1.807, 2.05) is 18.4 Å². The van der Waals surface area contributed by atoms with Gasteiger partial charge >= 0.3 is 0 Å². The molecule has 0 saturated carbocycles. The number of para-hydroxylation sites is 2. The van der Waals surface area contributed by atoms with Crippen LogP contribution in [0.4, 0.5) is 16.0 Å². The van der Waals surface area contributed by atoms with Crippen molar-refractivity contribution in [1.82, 2.24) is 14.8 Å². The molecule has 0 radical (unpaired) electrons. The molecule has 0 bridgehead atoms. The van der Waals surface area contributed by atoms with Gasteiger partial charge in [-0.3, -0.25) is 4.79 Å². The smallest absolute Gasteiger partial charge is 0.255 e. The van der Waals surface area contributed by atoms with Crippen molar-refractivity contribution in [2.75, 3.05) is 24.0 Å². The maximum Gasteiger partial charge on any atom is 0.255 e. The molecule has 0 fully saturated rings. The molecule has 1 atom stereocenters. The average molecular weight is 425 g/mol. The molecule has 2 aromatic carbocycles. The van der Waals surface area contributed by atoms with Crippen molar-refractivity contribution < 1.29 is 13.9 Å². The van der Waals surface area contributed by atoms with E-state index in [0.717, 1.165) is 0 Å². The normalized spacial score (nSPS) is 15.4. The van der Waals surface area contributed by atoms with Crippen molar-refractivity contribution in [2.45, 2.75) is 18.1 Å². The van der Waals surface area contributed by atoms with E-state index >= 15 is 0 Å². The number of carbonyl (C=O) groups is 1. The van der Waals surface area contributed by atoms with E-state index in [-0.39, 0.29) is 11.7 Å². The first-order valence-corrected chi connectivity index (χ1v) is 10.4. The Balaban J connectivity index is 1.80. The first kappa shape index (κ1) is 20.0. The van der Waals surface area contributed by atoms with Crippen LogP contribution in [0.25, 0.3) is 0 Å². The van der Waals surface area contributed by atoms with Crippen LogP contribution in [0.15, 0.2) is 65.0 Å². The number of amides is 1. The number of carbonyl (C=O) groups excluding carboxylic acids is 1. The molecule has 3 aromatic rings. The fraction of sp³-hybridized carbons (Fsp3) is 0.190. The molecule has 1 aliphatic rings. The fourth-order valence-electron chi connectivity index (χ4n) is 3.43. The number of aromatic nitrogens is 3. The van der Waals surface area contributed by atoms with Gasteiger partial charge < -0.3 is 15.4 Å². The van der Waals surface area contributed by atoms with Gasteiger partial charge in [-0.25, -0.2) is 9.07 Å². The van der Waals surface area contributed by atoms with Gasteiger partial charge in [-0.2, -0.15) is 4.98 Å². The van der Waals surface area contributed by atoms with Gasteiger partial charge in [0.25, 0.3) is 5.91 Å². The zero-order chi connectivity index (χ0) is 21.3. The molecule has 9 heteroatoms. The van der Waals surface area contributed by atoms with Crippen molar-refractivity contribution in [2.24, 2.45) is 0 Å². The molecule has 0 aliphatic carbocycles. The third-order valence-corrected chi connectivity index (χ3v) is 5.32. The molecule has 154 valence electrons. The van der Waals surface area contributed by atoms with Crippen LogP contribution in [0.2, 0.25) is 0 Å². The van der Waals surface area contributed by atoms with Crippen LogP contribution in [-0.4, -0.2) is 34.0 Å². The predicted octanol–water partition coefficient (Wildman–Crippen LogP) is 4.08. The number of nitrogens with one attached hydrogen (secondary N) is 2. The number of benzene rings is 2. The molecule has 1 unspecified atom stereocenters. The molecule has 1 amide bonds. The Morgan fingerprint density at radius 2 is 2.07 bits per heavy atom. The number of ether oxygens (including phenoxy) is 1. The Kier molecular flexibility index (Phi) is 5.45. The molecule has 0 spiro atoms. The summed E-state index contributed by atoms with van der Waals surface area (Å²) >= 11 is 1.39. The lowest BCUT2D eigenvalue weighted by Gasteiger charge is -2.28. The number of nitrogens with zero attached hydrogens (tertiary/aromatic N) is 3. The van der Waals surface area contributed by atoms with Crippen LogP contribution >= 0.6 is 11.8 Å². The predicted molar refractivity (Wildman–Crippen MR) is 114 cm³/mol. The summed E-state index contributed by atoms with van der Waals surface area (Å²) in [5.41, 5.74) is 2.16. The number of hydrogen-bond acceptors (Lipinski definition) is 6. The van der Waals surface area contributed by atoms with Gasteiger partial charge in [0.15, 0.2) is 0 Å². The van der Waals surface area contributed by atoms with Crippen molar-refractivity contribution in [3.05, 3.63) is 71.2 Å². The minimum atomic E-state index is -0.639. The van der Waals surface area contributed by atoms with Crippen LogP contribution in [0, 0.1) is 5.82 Å². The molecular weight excluding hydrogens is 405 g/mol. The summed E-state index contributed by atoms with van der Waals surface area (Å²) in [7, 11) is 1.54. The molecule has 30 heavy (non-hydrogen) atoms. The lowest BCUT2D eigenvalue weighted by atomic mass is 9.95. The van der Waals surface area contributed by atoms with E-state index in [2.05, 4.69) is 20.7 Å². The first-order chi connectivity index (χ1) is 14.5. The number of fused-ring (bicyclic) bond motifs is 1. The summed E-state index contributed by atoms with van der Waals surface area (Å²) in [5, 5.41) is 11.1. The van der Waals surface area contributed by atoms with Crippen LogP contribution in [-0.2, 0) is 4.79 Å². The van der Waals surface area contributed by atoms with Crippen LogP contribution in [0.5, 0.6) is 5.75 Å². The Hall–Kier alpha value is -3.33. The van der Waals surface area contributed by atoms with Gasteiger partial charge in [-0.1, -0.05) is 36.0 Å². The second-order valence-electron chi connectivity index (χ2n) is 6.64. The highest BCUT2D eigenvalue weighted by Gasteiger charge is 2.34. The monoisotopic (exact) mass is 425 g/mol. The van der Waals surface area contributed by atoms with Gasteiger partial charge in [0.05, 0.1) is 18.4 Å². The molecule has 4 rings (SSSR count). The van der Waals surface area contributed by atoms with Crippen LogP contribution < -0.4 is 15.4 Å². The summed E-state index contributed by atoms with van der Waals surface area (Å²) in [4.78, 5) is 17.8. The number of allylic oxidation sites excluding steroid dienone is 1. The zero-order valence-corrected chi connectivity index (χ0v) is 17.5. The lowest BCUT2D eigenvalue weighted by Crippen LogP contribution is -2.31. The van der Waals surface area contributed by atoms with Crippen LogP contribution in [0.3, 0.4) is 0 Å². The third kappa shape index (κ3) is 3.63. The molecule has 2 heterocycles. The number of halogens is 1. The van der Waals surface area contributed by atoms with Gasteiger partial charge in [-0.05, 0) is 43.0 Å². The molecule has 2 N–H and O–H groups in total. The second kappa shape index (κ2) is 8.19. The highest BCUT2D eigenvalue weighted by molar-refractivity contribution is 7.98. The number of anilines is 2. The maximum atomic E-state index is 14.0. The number of hydrogen-bond donors (Lipinski definition) is 2. The van der Waals surface area contributed by atoms with Crippen molar-refractivity contribution >= 4 is 29.3 Å². The summed E-state index contributed by atoms with van der Waals surface area (Å²) in [6, 6.07) is 12.7. The molecule has 1 aromatic heterocycles. The lowest BCUT2D eigenvalue weighted by molar-refractivity contribution is -0.113. The van der Waals surface area contributed by atoms with Crippen molar-refractivity contribution in [3.63, 3.8) is 0 Å². The van der Waals surface area contributed by atoms with Crippen molar-refractivity contribution in [1.29, 1.82) is 0 Å². The average Bonchev–Trinajstić information content (AvgIpc) is 3.15. The quantitative estimate of drug-likeness (QED) is 0.600. The van der Waals surface area contributed by atoms with E-state index < -0.39 is 6.04 Å².